The molecule has 1 aliphatic rings. The van der Waals surface area contributed by atoms with Crippen LogP contribution in [-0.2, 0) is 6.54 Å². The SMILES string of the molecule is CCCNCc1ccc(C2CCCCC2)cc1. The van der Waals surface area contributed by atoms with Crippen LogP contribution in [0.2, 0.25) is 0 Å². The maximum absolute atomic E-state index is 3.45. The van der Waals surface area contributed by atoms with Crippen LogP contribution in [-0.4, -0.2) is 6.54 Å². The number of hydrogen-bond donors (Lipinski definition) is 1. The smallest absolute Gasteiger partial charge is 0.0205 e. The third kappa shape index (κ3) is 3.85. The minimum absolute atomic E-state index is 0.835. The van der Waals surface area contributed by atoms with Crippen molar-refractivity contribution in [2.24, 2.45) is 0 Å². The van der Waals surface area contributed by atoms with Crippen LogP contribution in [0.1, 0.15) is 62.5 Å². The minimum atomic E-state index is 0.835. The third-order valence-corrected chi connectivity index (χ3v) is 3.81. The van der Waals surface area contributed by atoms with Gasteiger partial charge in [0.1, 0.15) is 0 Å². The molecule has 2 rings (SSSR count). The Hall–Kier alpha value is -0.820. The van der Waals surface area contributed by atoms with Gasteiger partial charge in [-0.15, -0.1) is 0 Å². The Labute approximate surface area is 106 Å². The predicted molar refractivity (Wildman–Crippen MR) is 74.3 cm³/mol. The Morgan fingerprint density at radius 2 is 1.76 bits per heavy atom. The lowest BCUT2D eigenvalue weighted by molar-refractivity contribution is 0.443. The molecule has 1 heteroatoms. The summed E-state index contributed by atoms with van der Waals surface area (Å²) >= 11 is 0. The molecule has 0 aromatic heterocycles. The Balaban J connectivity index is 1.88. The zero-order valence-corrected chi connectivity index (χ0v) is 11.0. The van der Waals surface area contributed by atoms with Gasteiger partial charge in [-0.2, -0.15) is 0 Å². The summed E-state index contributed by atoms with van der Waals surface area (Å²) < 4.78 is 0. The van der Waals surface area contributed by atoms with E-state index in [1.54, 1.807) is 5.56 Å². The molecule has 1 aromatic carbocycles. The molecular formula is C16H25N. The van der Waals surface area contributed by atoms with Crippen molar-refractivity contribution in [3.63, 3.8) is 0 Å². The van der Waals surface area contributed by atoms with Crippen LogP contribution in [0, 0.1) is 0 Å². The molecule has 1 N–H and O–H groups in total. The Kier molecular flexibility index (Phi) is 5.06. The fourth-order valence-corrected chi connectivity index (χ4v) is 2.75. The Morgan fingerprint density at radius 1 is 1.06 bits per heavy atom. The molecule has 0 unspecified atom stereocenters. The second kappa shape index (κ2) is 6.80. The summed E-state index contributed by atoms with van der Waals surface area (Å²) in [6.45, 7) is 4.34. The number of nitrogens with one attached hydrogen (secondary N) is 1. The van der Waals surface area contributed by atoms with Crippen molar-refractivity contribution < 1.29 is 0 Å². The highest BCUT2D eigenvalue weighted by Crippen LogP contribution is 2.32. The lowest BCUT2D eigenvalue weighted by Crippen LogP contribution is -2.13. The number of hydrogen-bond acceptors (Lipinski definition) is 1. The van der Waals surface area contributed by atoms with Gasteiger partial charge in [-0.3, -0.25) is 0 Å². The van der Waals surface area contributed by atoms with Crippen LogP contribution in [0.5, 0.6) is 0 Å². The van der Waals surface area contributed by atoms with Crippen molar-refractivity contribution in [2.45, 2.75) is 57.9 Å². The lowest BCUT2D eigenvalue weighted by Gasteiger charge is -2.22. The summed E-state index contributed by atoms with van der Waals surface area (Å²) in [6.07, 6.45) is 8.28. The highest BCUT2D eigenvalue weighted by atomic mass is 14.8. The van der Waals surface area contributed by atoms with E-state index in [1.165, 1.54) is 44.1 Å². The van der Waals surface area contributed by atoms with Gasteiger partial charge in [-0.05, 0) is 42.9 Å². The lowest BCUT2D eigenvalue weighted by atomic mass is 9.84. The molecule has 0 atom stereocenters. The van der Waals surface area contributed by atoms with Crippen LogP contribution in [0.4, 0.5) is 0 Å². The highest BCUT2D eigenvalue weighted by molar-refractivity contribution is 5.25. The minimum Gasteiger partial charge on any atom is -0.313 e. The van der Waals surface area contributed by atoms with Crippen LogP contribution in [0.15, 0.2) is 24.3 Å². The van der Waals surface area contributed by atoms with Crippen molar-refractivity contribution in [2.75, 3.05) is 6.54 Å². The first-order valence-corrected chi connectivity index (χ1v) is 7.19. The molecule has 94 valence electrons. The molecule has 17 heavy (non-hydrogen) atoms. The molecule has 1 saturated carbocycles. The van der Waals surface area contributed by atoms with E-state index < -0.39 is 0 Å². The monoisotopic (exact) mass is 231 g/mol. The fraction of sp³-hybridized carbons (Fsp3) is 0.625. The molecule has 1 fully saturated rings. The van der Waals surface area contributed by atoms with Gasteiger partial charge in [0.25, 0.3) is 0 Å². The largest absolute Gasteiger partial charge is 0.313 e. The van der Waals surface area contributed by atoms with Gasteiger partial charge < -0.3 is 5.32 Å². The number of benzene rings is 1. The summed E-state index contributed by atoms with van der Waals surface area (Å²) in [5, 5.41) is 3.45. The highest BCUT2D eigenvalue weighted by Gasteiger charge is 2.14. The van der Waals surface area contributed by atoms with Gasteiger partial charge >= 0.3 is 0 Å². The van der Waals surface area contributed by atoms with Crippen molar-refractivity contribution in [1.82, 2.24) is 5.32 Å². The van der Waals surface area contributed by atoms with Crippen molar-refractivity contribution in [3.05, 3.63) is 35.4 Å². The topological polar surface area (TPSA) is 12.0 Å². The van der Waals surface area contributed by atoms with Gasteiger partial charge in [0, 0.05) is 6.54 Å². The zero-order chi connectivity index (χ0) is 11.9. The second-order valence-electron chi connectivity index (χ2n) is 5.25. The summed E-state index contributed by atoms with van der Waals surface area (Å²) in [6, 6.07) is 9.29. The van der Waals surface area contributed by atoms with E-state index in [1.807, 2.05) is 0 Å². The first-order valence-electron chi connectivity index (χ1n) is 7.19. The van der Waals surface area contributed by atoms with E-state index in [2.05, 4.69) is 36.5 Å². The molecule has 1 aromatic rings. The molecule has 0 radical (unpaired) electrons. The van der Waals surface area contributed by atoms with Crippen LogP contribution in [0.25, 0.3) is 0 Å². The van der Waals surface area contributed by atoms with Gasteiger partial charge in [-0.25, -0.2) is 0 Å². The first kappa shape index (κ1) is 12.6. The van der Waals surface area contributed by atoms with Crippen molar-refractivity contribution in [1.29, 1.82) is 0 Å². The Bertz CT molecular complexity index is 309. The average molecular weight is 231 g/mol. The Morgan fingerprint density at radius 3 is 2.41 bits per heavy atom. The van der Waals surface area contributed by atoms with E-state index in [9.17, 15) is 0 Å². The van der Waals surface area contributed by atoms with Gasteiger partial charge in [0.2, 0.25) is 0 Å². The maximum atomic E-state index is 3.45. The molecule has 0 spiro atoms. The molecule has 0 aliphatic heterocycles. The molecule has 1 nitrogen and oxygen atoms in total. The number of rotatable bonds is 5. The van der Waals surface area contributed by atoms with Crippen molar-refractivity contribution in [3.8, 4) is 0 Å². The van der Waals surface area contributed by atoms with E-state index in [4.69, 9.17) is 0 Å². The van der Waals surface area contributed by atoms with E-state index in [0.717, 1.165) is 19.0 Å². The van der Waals surface area contributed by atoms with Gasteiger partial charge in [0.05, 0.1) is 0 Å². The molecule has 0 saturated heterocycles. The molecular weight excluding hydrogens is 206 g/mol. The normalized spacial score (nSPS) is 17.2. The summed E-state index contributed by atoms with van der Waals surface area (Å²) in [5.74, 6) is 0.835. The van der Waals surface area contributed by atoms with Crippen LogP contribution >= 0.6 is 0 Å². The molecule has 0 amide bonds. The van der Waals surface area contributed by atoms with Crippen LogP contribution < -0.4 is 5.32 Å². The first-order chi connectivity index (χ1) is 8.40. The molecule has 1 aliphatic carbocycles. The fourth-order valence-electron chi connectivity index (χ4n) is 2.75. The summed E-state index contributed by atoms with van der Waals surface area (Å²) in [7, 11) is 0. The summed E-state index contributed by atoms with van der Waals surface area (Å²) in [4.78, 5) is 0. The maximum Gasteiger partial charge on any atom is 0.0205 e. The molecule has 0 heterocycles. The van der Waals surface area contributed by atoms with Crippen LogP contribution in [0.3, 0.4) is 0 Å². The van der Waals surface area contributed by atoms with E-state index in [0.29, 0.717) is 0 Å². The standard InChI is InChI=1S/C16H25N/c1-2-12-17-13-14-8-10-16(11-9-14)15-6-4-3-5-7-15/h8-11,15,17H,2-7,12-13H2,1H3. The second-order valence-corrected chi connectivity index (χ2v) is 5.25. The van der Waals surface area contributed by atoms with Gasteiger partial charge in [0.15, 0.2) is 0 Å². The van der Waals surface area contributed by atoms with E-state index in [-0.39, 0.29) is 0 Å². The van der Waals surface area contributed by atoms with Gasteiger partial charge in [-0.1, -0.05) is 50.5 Å². The van der Waals surface area contributed by atoms with Crippen molar-refractivity contribution >= 4 is 0 Å². The zero-order valence-electron chi connectivity index (χ0n) is 11.0. The summed E-state index contributed by atoms with van der Waals surface area (Å²) in [5.41, 5.74) is 2.97. The predicted octanol–water partition coefficient (Wildman–Crippen LogP) is 4.23. The molecule has 0 bridgehead atoms. The average Bonchev–Trinajstić information content (AvgIpc) is 2.41. The van der Waals surface area contributed by atoms with E-state index >= 15 is 0 Å². The third-order valence-electron chi connectivity index (χ3n) is 3.81. The quantitative estimate of drug-likeness (QED) is 0.748.